The second kappa shape index (κ2) is 6.33. The smallest absolute Gasteiger partial charge is 0.251 e. The van der Waals surface area contributed by atoms with Crippen LogP contribution >= 0.6 is 12.6 Å². The molecule has 1 N–H and O–H groups in total. The molecule has 0 unspecified atom stereocenters. The van der Waals surface area contributed by atoms with Crippen LogP contribution in [0.2, 0.25) is 0 Å². The summed E-state index contributed by atoms with van der Waals surface area (Å²) in [4.78, 5) is 15.9. The Morgan fingerprint density at radius 1 is 1.26 bits per heavy atom. The molecule has 1 aromatic heterocycles. The second-order valence-corrected chi connectivity index (χ2v) is 4.51. The predicted octanol–water partition coefficient (Wildman–Crippen LogP) is 2.48. The first-order valence-corrected chi connectivity index (χ1v) is 6.27. The van der Waals surface area contributed by atoms with Gasteiger partial charge in [-0.15, -0.1) is 12.6 Å². The topological polar surface area (TPSA) is 42.0 Å². The summed E-state index contributed by atoms with van der Waals surface area (Å²) >= 11 is 3.95. The standard InChI is InChI=1S/C14H13FN2OS/c15-12-2-1-11(9-13(12)19)14(18)17-8-5-10-3-6-16-7-4-10/h1-4,6-7,9,19H,5,8H2,(H,17,18). The van der Waals surface area contributed by atoms with E-state index in [0.717, 1.165) is 12.0 Å². The lowest BCUT2D eigenvalue weighted by molar-refractivity contribution is 0.0954. The minimum atomic E-state index is -0.434. The molecular formula is C14H13FN2OS. The zero-order valence-corrected chi connectivity index (χ0v) is 11.0. The lowest BCUT2D eigenvalue weighted by Crippen LogP contribution is -2.25. The van der Waals surface area contributed by atoms with E-state index >= 15 is 0 Å². The molecule has 3 nitrogen and oxygen atoms in total. The number of aromatic nitrogens is 1. The number of nitrogens with one attached hydrogen (secondary N) is 1. The Kier molecular flexibility index (Phi) is 4.52. The summed E-state index contributed by atoms with van der Waals surface area (Å²) in [5.41, 5.74) is 1.51. The highest BCUT2D eigenvalue weighted by molar-refractivity contribution is 7.80. The Balaban J connectivity index is 1.89. The zero-order valence-electron chi connectivity index (χ0n) is 10.1. The largest absolute Gasteiger partial charge is 0.352 e. The monoisotopic (exact) mass is 276 g/mol. The van der Waals surface area contributed by atoms with Crippen molar-refractivity contribution in [2.45, 2.75) is 11.3 Å². The van der Waals surface area contributed by atoms with Crippen molar-refractivity contribution < 1.29 is 9.18 Å². The summed E-state index contributed by atoms with van der Waals surface area (Å²) in [5.74, 6) is -0.666. The van der Waals surface area contributed by atoms with Gasteiger partial charge >= 0.3 is 0 Å². The number of carbonyl (C=O) groups is 1. The zero-order chi connectivity index (χ0) is 13.7. The van der Waals surface area contributed by atoms with Crippen LogP contribution in [0.5, 0.6) is 0 Å². The molecule has 0 spiro atoms. The maximum atomic E-state index is 13.0. The molecule has 1 aromatic carbocycles. The number of pyridine rings is 1. The van der Waals surface area contributed by atoms with E-state index in [1.165, 1.54) is 18.2 Å². The Morgan fingerprint density at radius 3 is 2.68 bits per heavy atom. The fraction of sp³-hybridized carbons (Fsp3) is 0.143. The minimum absolute atomic E-state index is 0.168. The van der Waals surface area contributed by atoms with E-state index < -0.39 is 5.82 Å². The summed E-state index contributed by atoms with van der Waals surface area (Å²) in [6, 6.07) is 7.89. The van der Waals surface area contributed by atoms with E-state index in [4.69, 9.17) is 0 Å². The average Bonchev–Trinajstić information content (AvgIpc) is 2.43. The number of amides is 1. The van der Waals surface area contributed by atoms with Gasteiger partial charge in [0.2, 0.25) is 0 Å². The quantitative estimate of drug-likeness (QED) is 0.842. The Labute approximate surface area is 116 Å². The van der Waals surface area contributed by atoms with Gasteiger partial charge in [-0.3, -0.25) is 9.78 Å². The second-order valence-electron chi connectivity index (χ2n) is 4.03. The number of nitrogens with zero attached hydrogens (tertiary/aromatic N) is 1. The van der Waals surface area contributed by atoms with E-state index in [0.29, 0.717) is 12.1 Å². The molecule has 0 fully saturated rings. The van der Waals surface area contributed by atoms with E-state index in [2.05, 4.69) is 22.9 Å². The summed E-state index contributed by atoms with van der Waals surface area (Å²) in [6.45, 7) is 0.516. The molecular weight excluding hydrogens is 263 g/mol. The Bertz CT molecular complexity index is 575. The molecule has 98 valence electrons. The molecule has 0 aliphatic carbocycles. The Hall–Kier alpha value is -1.88. The Morgan fingerprint density at radius 2 is 2.00 bits per heavy atom. The number of halogens is 1. The number of benzene rings is 1. The van der Waals surface area contributed by atoms with Crippen LogP contribution in [0.1, 0.15) is 15.9 Å². The van der Waals surface area contributed by atoms with Gasteiger partial charge in [-0.05, 0) is 42.3 Å². The lowest BCUT2D eigenvalue weighted by Gasteiger charge is -2.06. The molecule has 0 atom stereocenters. The van der Waals surface area contributed by atoms with E-state index in [9.17, 15) is 9.18 Å². The van der Waals surface area contributed by atoms with Gasteiger partial charge in [0, 0.05) is 29.4 Å². The van der Waals surface area contributed by atoms with Crippen molar-refractivity contribution >= 4 is 18.5 Å². The van der Waals surface area contributed by atoms with Gasteiger partial charge in [-0.2, -0.15) is 0 Å². The van der Waals surface area contributed by atoms with Gasteiger partial charge in [0.05, 0.1) is 0 Å². The van der Waals surface area contributed by atoms with Crippen molar-refractivity contribution in [1.82, 2.24) is 10.3 Å². The average molecular weight is 276 g/mol. The fourth-order valence-electron chi connectivity index (χ4n) is 1.63. The highest BCUT2D eigenvalue weighted by atomic mass is 32.1. The van der Waals surface area contributed by atoms with Crippen LogP contribution in [0, 0.1) is 5.82 Å². The van der Waals surface area contributed by atoms with Crippen LogP contribution < -0.4 is 5.32 Å². The van der Waals surface area contributed by atoms with Gasteiger partial charge in [-0.1, -0.05) is 0 Å². The highest BCUT2D eigenvalue weighted by Gasteiger charge is 2.07. The summed E-state index contributed by atoms with van der Waals surface area (Å²) < 4.78 is 13.0. The molecule has 1 amide bonds. The lowest BCUT2D eigenvalue weighted by atomic mass is 10.2. The number of thiol groups is 1. The van der Waals surface area contributed by atoms with Crippen LogP contribution in [-0.4, -0.2) is 17.4 Å². The van der Waals surface area contributed by atoms with Crippen LogP contribution in [0.15, 0.2) is 47.6 Å². The van der Waals surface area contributed by atoms with Crippen molar-refractivity contribution in [3.63, 3.8) is 0 Å². The van der Waals surface area contributed by atoms with E-state index in [1.807, 2.05) is 12.1 Å². The fourth-order valence-corrected chi connectivity index (χ4v) is 1.84. The number of carbonyl (C=O) groups excluding carboxylic acids is 1. The molecule has 0 saturated carbocycles. The molecule has 1 heterocycles. The van der Waals surface area contributed by atoms with E-state index in [1.54, 1.807) is 12.4 Å². The highest BCUT2D eigenvalue weighted by Crippen LogP contribution is 2.14. The molecule has 0 saturated heterocycles. The molecule has 0 radical (unpaired) electrons. The number of hydrogen-bond acceptors (Lipinski definition) is 3. The normalized spacial score (nSPS) is 10.2. The number of rotatable bonds is 4. The van der Waals surface area contributed by atoms with Crippen molar-refractivity contribution in [2.75, 3.05) is 6.54 Å². The summed E-state index contributed by atoms with van der Waals surface area (Å²) in [5, 5.41) is 2.78. The van der Waals surface area contributed by atoms with Gasteiger partial charge in [0.15, 0.2) is 0 Å². The molecule has 0 aliphatic rings. The third-order valence-electron chi connectivity index (χ3n) is 2.66. The summed E-state index contributed by atoms with van der Waals surface area (Å²) in [6.07, 6.45) is 4.15. The van der Waals surface area contributed by atoms with Crippen LogP contribution in [0.4, 0.5) is 4.39 Å². The molecule has 5 heteroatoms. The molecule has 2 aromatic rings. The van der Waals surface area contributed by atoms with Crippen molar-refractivity contribution in [1.29, 1.82) is 0 Å². The first kappa shape index (κ1) is 13.5. The SMILES string of the molecule is O=C(NCCc1ccncc1)c1ccc(F)c(S)c1. The number of hydrogen-bond donors (Lipinski definition) is 2. The first-order valence-electron chi connectivity index (χ1n) is 5.82. The van der Waals surface area contributed by atoms with Crippen molar-refractivity contribution in [2.24, 2.45) is 0 Å². The van der Waals surface area contributed by atoms with Gasteiger partial charge in [0.1, 0.15) is 5.82 Å². The van der Waals surface area contributed by atoms with E-state index in [-0.39, 0.29) is 10.8 Å². The first-order chi connectivity index (χ1) is 9.16. The molecule has 0 aliphatic heterocycles. The van der Waals surface area contributed by atoms with Crippen LogP contribution in [0.25, 0.3) is 0 Å². The maximum absolute atomic E-state index is 13.0. The summed E-state index contributed by atoms with van der Waals surface area (Å²) in [7, 11) is 0. The van der Waals surface area contributed by atoms with Gasteiger partial charge in [-0.25, -0.2) is 4.39 Å². The molecule has 19 heavy (non-hydrogen) atoms. The maximum Gasteiger partial charge on any atom is 0.251 e. The molecule has 0 bridgehead atoms. The van der Waals surface area contributed by atoms with Crippen molar-refractivity contribution in [3.05, 3.63) is 59.7 Å². The van der Waals surface area contributed by atoms with Gasteiger partial charge < -0.3 is 5.32 Å². The van der Waals surface area contributed by atoms with Crippen LogP contribution in [-0.2, 0) is 6.42 Å². The minimum Gasteiger partial charge on any atom is -0.352 e. The van der Waals surface area contributed by atoms with Crippen molar-refractivity contribution in [3.8, 4) is 0 Å². The van der Waals surface area contributed by atoms with Crippen LogP contribution in [0.3, 0.4) is 0 Å². The predicted molar refractivity (Wildman–Crippen MR) is 73.9 cm³/mol. The van der Waals surface area contributed by atoms with Gasteiger partial charge in [0.25, 0.3) is 5.91 Å². The molecule has 2 rings (SSSR count). The third kappa shape index (κ3) is 3.79. The third-order valence-corrected chi connectivity index (χ3v) is 3.00.